The fourth-order valence-corrected chi connectivity index (χ4v) is 3.40. The molecular formula is C19H17N5O. The Morgan fingerprint density at radius 2 is 2.20 bits per heavy atom. The second kappa shape index (κ2) is 5.82. The highest BCUT2D eigenvalue weighted by Crippen LogP contribution is 2.24. The first-order valence-corrected chi connectivity index (χ1v) is 8.39. The van der Waals surface area contributed by atoms with Gasteiger partial charge in [0.2, 0.25) is 0 Å². The van der Waals surface area contributed by atoms with Crippen molar-refractivity contribution in [2.75, 3.05) is 6.54 Å². The van der Waals surface area contributed by atoms with Crippen molar-refractivity contribution < 1.29 is 4.42 Å². The van der Waals surface area contributed by atoms with Crippen molar-refractivity contribution in [2.45, 2.75) is 19.5 Å². The van der Waals surface area contributed by atoms with Crippen LogP contribution >= 0.6 is 0 Å². The van der Waals surface area contributed by atoms with E-state index in [2.05, 4.69) is 32.1 Å². The standard InChI is InChI=1S/C19H17N5O/c1-3-15-14(10-21-18(15)20-6-1)11-24-7-5-13-9-22-19(23-16(13)12-24)17-4-2-8-25-17/h1-4,6,8-10H,5,7,11-12H2,(H,20,21). The van der Waals surface area contributed by atoms with E-state index < -0.39 is 0 Å². The van der Waals surface area contributed by atoms with Gasteiger partial charge in [-0.15, -0.1) is 0 Å². The highest BCUT2D eigenvalue weighted by molar-refractivity contribution is 5.79. The Labute approximate surface area is 144 Å². The Balaban J connectivity index is 1.41. The maximum absolute atomic E-state index is 5.42. The molecule has 0 bridgehead atoms. The van der Waals surface area contributed by atoms with E-state index in [0.717, 1.165) is 37.4 Å². The highest BCUT2D eigenvalue weighted by Gasteiger charge is 2.20. The predicted molar refractivity (Wildman–Crippen MR) is 93.6 cm³/mol. The number of hydrogen-bond acceptors (Lipinski definition) is 5. The topological polar surface area (TPSA) is 70.8 Å². The molecule has 4 aromatic heterocycles. The normalized spacial score (nSPS) is 14.7. The van der Waals surface area contributed by atoms with Crippen LogP contribution in [0, 0.1) is 0 Å². The molecule has 5 rings (SSSR count). The Bertz CT molecular complexity index is 1020. The van der Waals surface area contributed by atoms with E-state index in [9.17, 15) is 0 Å². The number of H-pyrrole nitrogens is 1. The molecule has 0 saturated heterocycles. The molecule has 1 N–H and O–H groups in total. The number of furan rings is 1. The van der Waals surface area contributed by atoms with Crippen LogP contribution < -0.4 is 0 Å². The molecule has 6 nitrogen and oxygen atoms in total. The van der Waals surface area contributed by atoms with Crippen molar-refractivity contribution >= 4 is 11.0 Å². The number of aromatic amines is 1. The Hall–Kier alpha value is -2.99. The van der Waals surface area contributed by atoms with E-state index in [-0.39, 0.29) is 0 Å². The number of rotatable bonds is 3. The largest absolute Gasteiger partial charge is 0.461 e. The smallest absolute Gasteiger partial charge is 0.195 e. The highest BCUT2D eigenvalue weighted by atomic mass is 16.3. The average Bonchev–Trinajstić information content (AvgIpc) is 3.32. The van der Waals surface area contributed by atoms with Gasteiger partial charge in [0.25, 0.3) is 0 Å². The van der Waals surface area contributed by atoms with Crippen molar-refractivity contribution in [2.24, 2.45) is 0 Å². The molecule has 0 fully saturated rings. The minimum absolute atomic E-state index is 0.655. The van der Waals surface area contributed by atoms with Gasteiger partial charge in [-0.1, -0.05) is 0 Å². The lowest BCUT2D eigenvalue weighted by molar-refractivity contribution is 0.242. The Morgan fingerprint density at radius 1 is 1.20 bits per heavy atom. The molecule has 6 heteroatoms. The van der Waals surface area contributed by atoms with E-state index in [4.69, 9.17) is 9.40 Å². The summed E-state index contributed by atoms with van der Waals surface area (Å²) in [5.74, 6) is 1.37. The maximum Gasteiger partial charge on any atom is 0.195 e. The third-order valence-electron chi connectivity index (χ3n) is 4.70. The fourth-order valence-electron chi connectivity index (χ4n) is 3.40. The number of nitrogens with zero attached hydrogens (tertiary/aromatic N) is 4. The molecule has 5 heterocycles. The predicted octanol–water partition coefficient (Wildman–Crippen LogP) is 3.17. The summed E-state index contributed by atoms with van der Waals surface area (Å²) in [5, 5.41) is 1.19. The quantitative estimate of drug-likeness (QED) is 0.624. The van der Waals surface area contributed by atoms with Crippen LogP contribution in [-0.4, -0.2) is 31.4 Å². The summed E-state index contributed by atoms with van der Waals surface area (Å²) in [6.07, 6.45) is 8.42. The lowest BCUT2D eigenvalue weighted by Gasteiger charge is -2.27. The molecule has 0 amide bonds. The zero-order valence-corrected chi connectivity index (χ0v) is 13.6. The van der Waals surface area contributed by atoms with Gasteiger partial charge in [0.05, 0.1) is 12.0 Å². The number of hydrogen-bond donors (Lipinski definition) is 1. The summed E-state index contributed by atoms with van der Waals surface area (Å²) in [6, 6.07) is 7.84. The van der Waals surface area contributed by atoms with Crippen molar-refractivity contribution in [3.63, 3.8) is 0 Å². The van der Waals surface area contributed by atoms with Gasteiger partial charge in [-0.2, -0.15) is 0 Å². The van der Waals surface area contributed by atoms with Crippen LogP contribution in [0.15, 0.2) is 53.5 Å². The zero-order chi connectivity index (χ0) is 16.6. The molecule has 25 heavy (non-hydrogen) atoms. The SMILES string of the molecule is c1coc(-c2ncc3c(n2)CN(Cc2c[nH]c4ncccc24)CC3)c1. The zero-order valence-electron chi connectivity index (χ0n) is 13.6. The summed E-state index contributed by atoms with van der Waals surface area (Å²) >= 11 is 0. The summed E-state index contributed by atoms with van der Waals surface area (Å²) < 4.78 is 5.42. The van der Waals surface area contributed by atoms with E-state index in [1.165, 1.54) is 16.5 Å². The van der Waals surface area contributed by atoms with Crippen LogP contribution in [0.1, 0.15) is 16.8 Å². The minimum atomic E-state index is 0.655. The lowest BCUT2D eigenvalue weighted by Crippen LogP contribution is -2.31. The number of aromatic nitrogens is 4. The van der Waals surface area contributed by atoms with Gasteiger partial charge < -0.3 is 9.40 Å². The summed E-state index contributed by atoms with van der Waals surface area (Å²) in [7, 11) is 0. The molecule has 1 aliphatic heterocycles. The molecule has 0 saturated carbocycles. The molecule has 124 valence electrons. The second-order valence-electron chi connectivity index (χ2n) is 6.32. The van der Waals surface area contributed by atoms with Crippen LogP contribution in [0.4, 0.5) is 0 Å². The molecule has 0 unspecified atom stereocenters. The van der Waals surface area contributed by atoms with E-state index in [0.29, 0.717) is 11.6 Å². The third-order valence-corrected chi connectivity index (χ3v) is 4.70. The van der Waals surface area contributed by atoms with Gasteiger partial charge >= 0.3 is 0 Å². The molecule has 1 aliphatic rings. The maximum atomic E-state index is 5.42. The first-order valence-electron chi connectivity index (χ1n) is 8.39. The lowest BCUT2D eigenvalue weighted by atomic mass is 10.1. The van der Waals surface area contributed by atoms with Crippen LogP contribution in [-0.2, 0) is 19.5 Å². The minimum Gasteiger partial charge on any atom is -0.461 e. The van der Waals surface area contributed by atoms with Gasteiger partial charge in [-0.05, 0) is 41.8 Å². The second-order valence-corrected chi connectivity index (χ2v) is 6.32. The van der Waals surface area contributed by atoms with Crippen LogP contribution in [0.3, 0.4) is 0 Å². The van der Waals surface area contributed by atoms with E-state index in [1.54, 1.807) is 6.26 Å². The van der Waals surface area contributed by atoms with Crippen LogP contribution in [0.5, 0.6) is 0 Å². The molecular weight excluding hydrogens is 314 g/mol. The van der Waals surface area contributed by atoms with Crippen molar-refractivity contribution in [1.82, 2.24) is 24.8 Å². The van der Waals surface area contributed by atoms with Crippen LogP contribution in [0.2, 0.25) is 0 Å². The van der Waals surface area contributed by atoms with Gasteiger partial charge in [-0.25, -0.2) is 15.0 Å². The van der Waals surface area contributed by atoms with Crippen LogP contribution in [0.25, 0.3) is 22.6 Å². The van der Waals surface area contributed by atoms with Gasteiger partial charge in [-0.3, -0.25) is 4.90 Å². The van der Waals surface area contributed by atoms with Gasteiger partial charge in [0.1, 0.15) is 5.65 Å². The van der Waals surface area contributed by atoms with Gasteiger partial charge in [0.15, 0.2) is 11.6 Å². The first-order chi connectivity index (χ1) is 12.4. The summed E-state index contributed by atoms with van der Waals surface area (Å²) in [5.41, 5.74) is 4.53. The number of fused-ring (bicyclic) bond motifs is 2. The van der Waals surface area contributed by atoms with Crippen molar-refractivity contribution in [3.8, 4) is 11.6 Å². The monoisotopic (exact) mass is 331 g/mol. The van der Waals surface area contributed by atoms with Crippen molar-refractivity contribution in [3.05, 3.63) is 65.9 Å². The first kappa shape index (κ1) is 14.4. The Kier molecular flexibility index (Phi) is 3.34. The average molecular weight is 331 g/mol. The molecule has 0 aromatic carbocycles. The molecule has 0 radical (unpaired) electrons. The van der Waals surface area contributed by atoms with E-state index in [1.807, 2.05) is 30.6 Å². The number of nitrogens with one attached hydrogen (secondary N) is 1. The summed E-state index contributed by atoms with van der Waals surface area (Å²) in [6.45, 7) is 2.70. The fraction of sp³-hybridized carbons (Fsp3) is 0.211. The van der Waals surface area contributed by atoms with Gasteiger partial charge in [0, 0.05) is 43.6 Å². The molecule has 0 aliphatic carbocycles. The number of pyridine rings is 1. The van der Waals surface area contributed by atoms with E-state index >= 15 is 0 Å². The molecule has 0 spiro atoms. The third kappa shape index (κ3) is 2.60. The summed E-state index contributed by atoms with van der Waals surface area (Å²) in [4.78, 5) is 19.2. The van der Waals surface area contributed by atoms with Crippen molar-refractivity contribution in [1.29, 1.82) is 0 Å². The molecule has 0 atom stereocenters. The Morgan fingerprint density at radius 3 is 3.12 bits per heavy atom. The molecule has 4 aromatic rings.